The summed E-state index contributed by atoms with van der Waals surface area (Å²) in [7, 11) is 0. The summed E-state index contributed by atoms with van der Waals surface area (Å²) < 4.78 is 11.0. The van der Waals surface area contributed by atoms with Crippen molar-refractivity contribution in [3.63, 3.8) is 0 Å². The van der Waals surface area contributed by atoms with Crippen LogP contribution in [0.5, 0.6) is 11.5 Å². The van der Waals surface area contributed by atoms with Crippen molar-refractivity contribution in [3.8, 4) is 17.6 Å². The van der Waals surface area contributed by atoms with Gasteiger partial charge in [-0.2, -0.15) is 5.26 Å². The zero-order chi connectivity index (χ0) is 13.9. The molecule has 0 amide bonds. The Morgan fingerprint density at radius 1 is 1.20 bits per heavy atom. The highest BCUT2D eigenvalue weighted by atomic mass is 35.5. The third-order valence-corrected chi connectivity index (χ3v) is 4.19. The lowest BCUT2D eigenvalue weighted by Crippen LogP contribution is -2.15. The molecular formula is C14H9ClN2O2S. The quantitative estimate of drug-likeness (QED) is 0.849. The molecule has 0 fully saturated rings. The molecule has 6 heteroatoms. The standard InChI is InChI=1S/C14H9ClN2O2S/c15-13-9(8-16)3-4-17-14(13)20-10-1-2-11-12(7-10)19-6-5-18-11/h1-4,7H,5-6H2. The average molecular weight is 305 g/mol. The maximum Gasteiger partial charge on any atom is 0.162 e. The molecule has 1 aliphatic rings. The van der Waals surface area contributed by atoms with Crippen molar-refractivity contribution in [1.29, 1.82) is 5.26 Å². The van der Waals surface area contributed by atoms with E-state index in [1.807, 2.05) is 24.3 Å². The predicted octanol–water partition coefficient (Wildman–Crippen LogP) is 3.53. The van der Waals surface area contributed by atoms with Gasteiger partial charge in [-0.25, -0.2) is 4.98 Å². The Bertz CT molecular complexity index is 700. The Hall–Kier alpha value is -1.90. The summed E-state index contributed by atoms with van der Waals surface area (Å²) in [5.41, 5.74) is 0.418. The molecule has 2 aromatic rings. The van der Waals surface area contributed by atoms with Crippen LogP contribution in [0.4, 0.5) is 0 Å². The molecule has 0 atom stereocenters. The van der Waals surface area contributed by atoms with Gasteiger partial charge in [0.15, 0.2) is 11.5 Å². The molecule has 100 valence electrons. The van der Waals surface area contributed by atoms with Crippen molar-refractivity contribution in [2.75, 3.05) is 13.2 Å². The van der Waals surface area contributed by atoms with Crippen LogP contribution in [-0.4, -0.2) is 18.2 Å². The SMILES string of the molecule is N#Cc1ccnc(Sc2ccc3c(c2)OCCO3)c1Cl. The van der Waals surface area contributed by atoms with Crippen LogP contribution in [0.1, 0.15) is 5.56 Å². The van der Waals surface area contributed by atoms with E-state index in [-0.39, 0.29) is 0 Å². The Morgan fingerprint density at radius 3 is 2.80 bits per heavy atom. The molecule has 0 unspecified atom stereocenters. The van der Waals surface area contributed by atoms with Gasteiger partial charge in [0.1, 0.15) is 24.3 Å². The van der Waals surface area contributed by atoms with Crippen LogP contribution in [0.2, 0.25) is 5.02 Å². The fraction of sp³-hybridized carbons (Fsp3) is 0.143. The van der Waals surface area contributed by atoms with E-state index in [0.717, 1.165) is 10.6 Å². The van der Waals surface area contributed by atoms with E-state index in [1.54, 1.807) is 12.3 Å². The van der Waals surface area contributed by atoms with E-state index < -0.39 is 0 Å². The van der Waals surface area contributed by atoms with Crippen LogP contribution < -0.4 is 9.47 Å². The summed E-state index contributed by atoms with van der Waals surface area (Å²) in [6.45, 7) is 1.11. The number of hydrogen-bond donors (Lipinski definition) is 0. The van der Waals surface area contributed by atoms with Gasteiger partial charge in [-0.1, -0.05) is 23.4 Å². The molecule has 4 nitrogen and oxygen atoms in total. The van der Waals surface area contributed by atoms with E-state index in [0.29, 0.717) is 34.6 Å². The smallest absolute Gasteiger partial charge is 0.162 e. The van der Waals surface area contributed by atoms with Gasteiger partial charge in [-0.3, -0.25) is 0 Å². The van der Waals surface area contributed by atoms with Crippen LogP contribution in [0, 0.1) is 11.3 Å². The maximum atomic E-state index is 8.96. The minimum atomic E-state index is 0.370. The molecule has 0 radical (unpaired) electrons. The highest BCUT2D eigenvalue weighted by Gasteiger charge is 2.14. The number of halogens is 1. The molecule has 0 saturated heterocycles. The topological polar surface area (TPSA) is 55.1 Å². The van der Waals surface area contributed by atoms with Crippen LogP contribution in [0.25, 0.3) is 0 Å². The Balaban J connectivity index is 1.90. The second kappa shape index (κ2) is 5.61. The molecular weight excluding hydrogens is 296 g/mol. The molecule has 0 bridgehead atoms. The van der Waals surface area contributed by atoms with Crippen LogP contribution in [0.15, 0.2) is 40.4 Å². The number of ether oxygens (including phenoxy) is 2. The molecule has 2 heterocycles. The summed E-state index contributed by atoms with van der Waals surface area (Å²) in [5.74, 6) is 1.46. The molecule has 1 aromatic heterocycles. The first kappa shape index (κ1) is 13.1. The molecule has 1 aromatic carbocycles. The zero-order valence-corrected chi connectivity index (χ0v) is 11.9. The predicted molar refractivity (Wildman–Crippen MR) is 75.5 cm³/mol. The van der Waals surface area contributed by atoms with Crippen molar-refractivity contribution in [2.24, 2.45) is 0 Å². The number of hydrogen-bond acceptors (Lipinski definition) is 5. The van der Waals surface area contributed by atoms with Crippen molar-refractivity contribution in [1.82, 2.24) is 4.98 Å². The van der Waals surface area contributed by atoms with Gasteiger partial charge in [-0.15, -0.1) is 0 Å². The van der Waals surface area contributed by atoms with Crippen molar-refractivity contribution in [3.05, 3.63) is 41.0 Å². The van der Waals surface area contributed by atoms with E-state index >= 15 is 0 Å². The Labute approximate surface area is 125 Å². The Kier molecular flexibility index (Phi) is 3.68. The normalized spacial score (nSPS) is 12.8. The monoisotopic (exact) mass is 304 g/mol. The van der Waals surface area contributed by atoms with Gasteiger partial charge in [0, 0.05) is 11.1 Å². The fourth-order valence-electron chi connectivity index (χ4n) is 1.78. The van der Waals surface area contributed by atoms with Crippen molar-refractivity contribution < 1.29 is 9.47 Å². The van der Waals surface area contributed by atoms with E-state index in [2.05, 4.69) is 4.98 Å². The minimum absolute atomic E-state index is 0.370. The van der Waals surface area contributed by atoms with Crippen LogP contribution in [0.3, 0.4) is 0 Å². The number of aromatic nitrogens is 1. The number of fused-ring (bicyclic) bond motifs is 1. The summed E-state index contributed by atoms with van der Waals surface area (Å²) >= 11 is 7.53. The summed E-state index contributed by atoms with van der Waals surface area (Å²) in [6.07, 6.45) is 1.57. The molecule has 0 spiro atoms. The minimum Gasteiger partial charge on any atom is -0.486 e. The number of nitriles is 1. The average Bonchev–Trinajstić information content (AvgIpc) is 2.49. The Morgan fingerprint density at radius 2 is 2.00 bits per heavy atom. The number of benzene rings is 1. The lowest BCUT2D eigenvalue weighted by atomic mass is 10.3. The third-order valence-electron chi connectivity index (χ3n) is 2.71. The molecule has 20 heavy (non-hydrogen) atoms. The highest BCUT2D eigenvalue weighted by Crippen LogP contribution is 2.38. The van der Waals surface area contributed by atoms with Gasteiger partial charge in [0.25, 0.3) is 0 Å². The molecule has 0 N–H and O–H groups in total. The van der Waals surface area contributed by atoms with Gasteiger partial charge in [0.05, 0.1) is 10.6 Å². The second-order valence-corrected chi connectivity index (χ2v) is 5.44. The summed E-state index contributed by atoms with van der Waals surface area (Å²) in [6, 6.07) is 9.29. The molecule has 0 aliphatic carbocycles. The van der Waals surface area contributed by atoms with E-state index in [9.17, 15) is 0 Å². The first-order chi connectivity index (χ1) is 9.78. The number of nitrogens with zero attached hydrogens (tertiary/aromatic N) is 2. The van der Waals surface area contributed by atoms with Gasteiger partial charge in [0.2, 0.25) is 0 Å². The zero-order valence-electron chi connectivity index (χ0n) is 10.3. The lowest BCUT2D eigenvalue weighted by Gasteiger charge is -2.18. The fourth-order valence-corrected chi connectivity index (χ4v) is 2.89. The summed E-state index contributed by atoms with van der Waals surface area (Å²) in [4.78, 5) is 5.13. The van der Waals surface area contributed by atoms with Gasteiger partial charge < -0.3 is 9.47 Å². The molecule has 0 saturated carbocycles. The number of pyridine rings is 1. The van der Waals surface area contributed by atoms with Gasteiger partial charge >= 0.3 is 0 Å². The maximum absolute atomic E-state index is 8.96. The number of rotatable bonds is 2. The van der Waals surface area contributed by atoms with E-state index in [1.165, 1.54) is 11.8 Å². The van der Waals surface area contributed by atoms with Gasteiger partial charge in [-0.05, 0) is 24.3 Å². The van der Waals surface area contributed by atoms with Crippen LogP contribution >= 0.6 is 23.4 Å². The largest absolute Gasteiger partial charge is 0.486 e. The third kappa shape index (κ3) is 2.53. The second-order valence-electron chi connectivity index (χ2n) is 4.00. The molecule has 1 aliphatic heterocycles. The highest BCUT2D eigenvalue weighted by molar-refractivity contribution is 7.99. The molecule has 3 rings (SSSR count). The van der Waals surface area contributed by atoms with Crippen molar-refractivity contribution in [2.45, 2.75) is 9.92 Å². The first-order valence-corrected chi connectivity index (χ1v) is 7.09. The first-order valence-electron chi connectivity index (χ1n) is 5.90. The van der Waals surface area contributed by atoms with E-state index in [4.69, 9.17) is 26.3 Å². The van der Waals surface area contributed by atoms with Crippen LogP contribution in [-0.2, 0) is 0 Å². The van der Waals surface area contributed by atoms with Crippen molar-refractivity contribution >= 4 is 23.4 Å². The lowest BCUT2D eigenvalue weighted by molar-refractivity contribution is 0.171. The summed E-state index contributed by atoms with van der Waals surface area (Å²) in [5, 5.41) is 9.93.